The van der Waals surface area contributed by atoms with E-state index in [1.165, 1.54) is 61.6 Å². The van der Waals surface area contributed by atoms with Crippen LogP contribution in [0.3, 0.4) is 0 Å². The Bertz CT molecular complexity index is 1480. The van der Waals surface area contributed by atoms with Crippen molar-refractivity contribution in [3.05, 3.63) is 77.3 Å². The minimum atomic E-state index is -4.31. The largest absolute Gasteiger partial charge is 0.497 e. The summed E-state index contributed by atoms with van der Waals surface area (Å²) in [6, 6.07) is 16.3. The quantitative estimate of drug-likeness (QED) is 0.300. The zero-order valence-corrected chi connectivity index (χ0v) is 26.0. The van der Waals surface area contributed by atoms with Crippen molar-refractivity contribution < 1.29 is 32.2 Å². The number of rotatable bonds is 13. The number of carbonyl (C=O) groups is 2. The molecule has 0 saturated heterocycles. The summed E-state index contributed by atoms with van der Waals surface area (Å²) < 4.78 is 44.9. The molecule has 0 heterocycles. The summed E-state index contributed by atoms with van der Waals surface area (Å²) >= 11 is 6.08. The SMILES string of the molecule is COc1ccc(CN(C(=O)CN(c2ccc(Cl)cc2)S(=O)(=O)c2ccc(OC)c(OC)c2)[C@H](C)C(=O)NC(C)C)cc1. The first-order valence-corrected chi connectivity index (χ1v) is 15.0. The standard InChI is InChI=1S/C30H36ClN3O7S/c1-20(2)32-30(36)21(3)33(18-22-7-13-25(39-4)14-8-22)29(35)19-34(24-11-9-23(31)10-12-24)42(37,38)26-15-16-27(40-5)28(17-26)41-6/h7-17,20-21H,18-19H2,1-6H3,(H,32,36)/t21-/m1/s1. The topological polar surface area (TPSA) is 114 Å². The number of amides is 2. The minimum Gasteiger partial charge on any atom is -0.497 e. The maximum absolute atomic E-state index is 14.1. The van der Waals surface area contributed by atoms with Crippen molar-refractivity contribution in [2.45, 2.75) is 44.3 Å². The van der Waals surface area contributed by atoms with E-state index in [9.17, 15) is 18.0 Å². The normalized spacial score (nSPS) is 11.9. The van der Waals surface area contributed by atoms with Gasteiger partial charge in [-0.25, -0.2) is 8.42 Å². The second kappa shape index (κ2) is 14.3. The molecule has 10 nitrogen and oxygen atoms in total. The molecular weight excluding hydrogens is 582 g/mol. The van der Waals surface area contributed by atoms with Gasteiger partial charge >= 0.3 is 0 Å². The fourth-order valence-electron chi connectivity index (χ4n) is 4.16. The van der Waals surface area contributed by atoms with Gasteiger partial charge in [0.2, 0.25) is 11.8 Å². The lowest BCUT2D eigenvalue weighted by Gasteiger charge is -2.32. The van der Waals surface area contributed by atoms with Crippen molar-refractivity contribution in [1.29, 1.82) is 0 Å². The van der Waals surface area contributed by atoms with Gasteiger partial charge in [0, 0.05) is 23.7 Å². The summed E-state index contributed by atoms with van der Waals surface area (Å²) in [7, 11) is 0.0805. The van der Waals surface area contributed by atoms with E-state index in [-0.39, 0.29) is 34.8 Å². The van der Waals surface area contributed by atoms with Gasteiger partial charge in [0.05, 0.1) is 31.9 Å². The van der Waals surface area contributed by atoms with Crippen LogP contribution in [0, 0.1) is 0 Å². The summed E-state index contributed by atoms with van der Waals surface area (Å²) in [6.07, 6.45) is 0. The third-order valence-corrected chi connectivity index (χ3v) is 8.47. The van der Waals surface area contributed by atoms with Crippen LogP contribution in [0.25, 0.3) is 0 Å². The van der Waals surface area contributed by atoms with E-state index in [2.05, 4.69) is 5.32 Å². The highest BCUT2D eigenvalue weighted by molar-refractivity contribution is 7.92. The number of methoxy groups -OCH3 is 3. The number of nitrogens with one attached hydrogen (secondary N) is 1. The summed E-state index contributed by atoms with van der Waals surface area (Å²) in [5, 5.41) is 3.22. The maximum Gasteiger partial charge on any atom is 0.264 e. The minimum absolute atomic E-state index is 0.0559. The Balaban J connectivity index is 2.06. The Kier molecular flexibility index (Phi) is 11.1. The molecule has 12 heteroatoms. The summed E-state index contributed by atoms with van der Waals surface area (Å²) in [5.74, 6) is 0.239. The van der Waals surface area contributed by atoms with Crippen molar-refractivity contribution in [2.24, 2.45) is 0 Å². The van der Waals surface area contributed by atoms with Gasteiger partial charge in [0.15, 0.2) is 11.5 Å². The molecule has 0 aliphatic carbocycles. The van der Waals surface area contributed by atoms with E-state index in [1.54, 1.807) is 38.3 Å². The van der Waals surface area contributed by atoms with Crippen molar-refractivity contribution in [3.63, 3.8) is 0 Å². The highest BCUT2D eigenvalue weighted by Crippen LogP contribution is 2.32. The number of nitrogens with zero attached hydrogens (tertiary/aromatic N) is 2. The Morgan fingerprint density at radius 2 is 1.48 bits per heavy atom. The highest BCUT2D eigenvalue weighted by atomic mass is 35.5. The highest BCUT2D eigenvalue weighted by Gasteiger charge is 2.33. The molecule has 226 valence electrons. The number of carbonyl (C=O) groups excluding carboxylic acids is 2. The number of benzene rings is 3. The smallest absolute Gasteiger partial charge is 0.264 e. The third kappa shape index (κ3) is 7.86. The molecule has 0 aliphatic heterocycles. The van der Waals surface area contributed by atoms with E-state index in [0.29, 0.717) is 16.5 Å². The Morgan fingerprint density at radius 3 is 2.02 bits per heavy atom. The van der Waals surface area contributed by atoms with E-state index < -0.39 is 28.5 Å². The lowest BCUT2D eigenvalue weighted by molar-refractivity contribution is -0.139. The maximum atomic E-state index is 14.1. The molecule has 42 heavy (non-hydrogen) atoms. The van der Waals surface area contributed by atoms with Crippen LogP contribution in [-0.2, 0) is 26.2 Å². The van der Waals surface area contributed by atoms with Gasteiger partial charge in [-0.2, -0.15) is 0 Å². The van der Waals surface area contributed by atoms with E-state index >= 15 is 0 Å². The first-order chi connectivity index (χ1) is 19.9. The number of anilines is 1. The van der Waals surface area contributed by atoms with Crippen LogP contribution in [0.4, 0.5) is 5.69 Å². The molecule has 0 fully saturated rings. The van der Waals surface area contributed by atoms with Gasteiger partial charge in [0.25, 0.3) is 10.0 Å². The zero-order chi connectivity index (χ0) is 31.0. The van der Waals surface area contributed by atoms with Crippen molar-refractivity contribution >= 4 is 39.1 Å². The number of sulfonamides is 1. The molecule has 0 aliphatic rings. The first kappa shape index (κ1) is 32.6. The number of hydrogen-bond acceptors (Lipinski definition) is 7. The molecule has 3 aromatic carbocycles. The van der Waals surface area contributed by atoms with Crippen LogP contribution >= 0.6 is 11.6 Å². The second-order valence-corrected chi connectivity index (χ2v) is 12.0. The predicted octanol–water partition coefficient (Wildman–Crippen LogP) is 4.50. The molecule has 1 atom stereocenters. The van der Waals surface area contributed by atoms with Crippen molar-refractivity contribution in [2.75, 3.05) is 32.2 Å². The Morgan fingerprint density at radius 1 is 0.857 bits per heavy atom. The summed E-state index contributed by atoms with van der Waals surface area (Å²) in [6.45, 7) is 4.71. The monoisotopic (exact) mass is 617 g/mol. The van der Waals surface area contributed by atoms with Gasteiger partial charge in [-0.05, 0) is 74.9 Å². The molecule has 1 N–H and O–H groups in total. The summed E-state index contributed by atoms with van der Waals surface area (Å²) in [4.78, 5) is 28.3. The predicted molar refractivity (Wildman–Crippen MR) is 162 cm³/mol. The van der Waals surface area contributed by atoms with Crippen LogP contribution in [-0.4, -0.2) is 65.1 Å². The van der Waals surface area contributed by atoms with Gasteiger partial charge < -0.3 is 24.4 Å². The number of ether oxygens (including phenoxy) is 3. The molecule has 0 unspecified atom stereocenters. The average Bonchev–Trinajstić information content (AvgIpc) is 2.98. The van der Waals surface area contributed by atoms with Gasteiger partial charge in [-0.3, -0.25) is 13.9 Å². The van der Waals surface area contributed by atoms with Gasteiger partial charge in [0.1, 0.15) is 18.3 Å². The fraction of sp³-hybridized carbons (Fsp3) is 0.333. The van der Waals surface area contributed by atoms with Crippen LogP contribution in [0.2, 0.25) is 5.02 Å². The van der Waals surface area contributed by atoms with Gasteiger partial charge in [-0.15, -0.1) is 0 Å². The second-order valence-electron chi connectivity index (χ2n) is 9.71. The molecule has 0 radical (unpaired) electrons. The molecule has 2 amide bonds. The van der Waals surface area contributed by atoms with Crippen LogP contribution in [0.1, 0.15) is 26.3 Å². The molecule has 0 bridgehead atoms. The Hall–Kier alpha value is -3.96. The van der Waals surface area contributed by atoms with E-state index in [1.807, 2.05) is 13.8 Å². The molecule has 0 saturated carbocycles. The summed E-state index contributed by atoms with van der Waals surface area (Å²) in [5.41, 5.74) is 0.945. The van der Waals surface area contributed by atoms with Crippen LogP contribution < -0.4 is 23.8 Å². The van der Waals surface area contributed by atoms with Crippen LogP contribution in [0.15, 0.2) is 71.6 Å². The van der Waals surface area contributed by atoms with Crippen LogP contribution in [0.5, 0.6) is 17.2 Å². The van der Waals surface area contributed by atoms with E-state index in [0.717, 1.165) is 9.87 Å². The third-order valence-electron chi connectivity index (χ3n) is 6.45. The lowest BCUT2D eigenvalue weighted by Crippen LogP contribution is -2.52. The van der Waals surface area contributed by atoms with E-state index in [4.69, 9.17) is 25.8 Å². The van der Waals surface area contributed by atoms with Gasteiger partial charge in [-0.1, -0.05) is 23.7 Å². The zero-order valence-electron chi connectivity index (χ0n) is 24.5. The van der Waals surface area contributed by atoms with Crippen molar-refractivity contribution in [3.8, 4) is 17.2 Å². The first-order valence-electron chi connectivity index (χ1n) is 13.1. The van der Waals surface area contributed by atoms with Crippen molar-refractivity contribution in [1.82, 2.24) is 10.2 Å². The number of halogens is 1. The molecule has 0 aromatic heterocycles. The molecule has 3 aromatic rings. The molecular formula is C30H36ClN3O7S. The Labute approximate surface area is 252 Å². The average molecular weight is 618 g/mol. The number of hydrogen-bond donors (Lipinski definition) is 1. The fourth-order valence-corrected chi connectivity index (χ4v) is 5.71. The molecule has 0 spiro atoms. The lowest BCUT2D eigenvalue weighted by atomic mass is 10.1. The molecule has 3 rings (SSSR count).